The minimum absolute atomic E-state index is 0.00126. The van der Waals surface area contributed by atoms with E-state index in [0.29, 0.717) is 17.0 Å². The third-order valence-corrected chi connectivity index (χ3v) is 7.38. The maximum absolute atomic E-state index is 13.0. The van der Waals surface area contributed by atoms with Gasteiger partial charge in [-0.2, -0.15) is 5.26 Å². The highest BCUT2D eigenvalue weighted by molar-refractivity contribution is 7.16. The number of carbonyl (C=O) groups is 2. The molecule has 2 aliphatic rings. The summed E-state index contributed by atoms with van der Waals surface area (Å²) in [7, 11) is 0. The number of benzene rings is 1. The second kappa shape index (κ2) is 8.49. The van der Waals surface area contributed by atoms with Crippen LogP contribution in [0.1, 0.15) is 60.1 Å². The summed E-state index contributed by atoms with van der Waals surface area (Å²) in [4.78, 5) is 28.1. The Kier molecular flexibility index (Phi) is 5.78. The highest BCUT2D eigenvalue weighted by Gasteiger charge is 2.34. The van der Waals surface area contributed by atoms with Crippen molar-refractivity contribution in [3.63, 3.8) is 0 Å². The molecule has 1 aromatic carbocycles. The monoisotopic (exact) mass is 422 g/mol. The van der Waals surface area contributed by atoms with Crippen LogP contribution in [0.3, 0.4) is 0 Å². The average molecular weight is 423 g/mol. The molecule has 0 spiro atoms. The van der Waals surface area contributed by atoms with E-state index in [9.17, 15) is 14.9 Å². The number of primary amides is 1. The van der Waals surface area contributed by atoms with Crippen molar-refractivity contribution in [1.29, 1.82) is 5.26 Å². The molecule has 0 bridgehead atoms. The lowest BCUT2D eigenvalue weighted by molar-refractivity contribution is -0.119. The van der Waals surface area contributed by atoms with Crippen LogP contribution in [0.2, 0.25) is 0 Å². The van der Waals surface area contributed by atoms with Crippen LogP contribution in [0, 0.1) is 11.3 Å². The lowest BCUT2D eigenvalue weighted by Gasteiger charge is -2.39. The predicted octanol–water partition coefficient (Wildman–Crippen LogP) is 3.69. The number of fused-ring (bicyclic) bond motifs is 2. The lowest BCUT2D eigenvalue weighted by atomic mass is 9.85. The van der Waals surface area contributed by atoms with Gasteiger partial charge in [-0.25, -0.2) is 0 Å². The summed E-state index contributed by atoms with van der Waals surface area (Å²) in [5, 5.41) is 13.4. The fraction of sp³-hybridized carbons (Fsp3) is 0.435. The van der Waals surface area contributed by atoms with E-state index in [2.05, 4.69) is 11.4 Å². The van der Waals surface area contributed by atoms with Crippen molar-refractivity contribution in [3.8, 4) is 6.07 Å². The fourth-order valence-corrected chi connectivity index (χ4v) is 5.91. The van der Waals surface area contributed by atoms with Crippen LogP contribution < -0.4 is 16.0 Å². The van der Waals surface area contributed by atoms with Crippen LogP contribution in [0.4, 0.5) is 10.7 Å². The highest BCUT2D eigenvalue weighted by Crippen LogP contribution is 2.39. The van der Waals surface area contributed by atoms with E-state index in [-0.39, 0.29) is 30.3 Å². The van der Waals surface area contributed by atoms with Gasteiger partial charge in [0.05, 0.1) is 18.0 Å². The van der Waals surface area contributed by atoms with Gasteiger partial charge in [0.2, 0.25) is 11.8 Å². The number of nitrogens with two attached hydrogens (primary N) is 1. The number of thiophene rings is 1. The van der Waals surface area contributed by atoms with Gasteiger partial charge in [0.1, 0.15) is 11.1 Å². The van der Waals surface area contributed by atoms with E-state index in [0.717, 1.165) is 42.5 Å². The fourth-order valence-electron chi connectivity index (χ4n) is 4.66. The van der Waals surface area contributed by atoms with Gasteiger partial charge in [0.25, 0.3) is 0 Å². The van der Waals surface area contributed by atoms with Gasteiger partial charge in [0.15, 0.2) is 0 Å². The van der Waals surface area contributed by atoms with Gasteiger partial charge in [-0.15, -0.1) is 11.3 Å². The minimum Gasteiger partial charge on any atom is -0.369 e. The molecule has 2 amide bonds. The molecule has 2 atom stereocenters. The van der Waals surface area contributed by atoms with E-state index in [1.165, 1.54) is 11.3 Å². The quantitative estimate of drug-likeness (QED) is 0.734. The average Bonchev–Trinajstić information content (AvgIpc) is 2.88. The zero-order valence-corrected chi connectivity index (χ0v) is 17.9. The smallest absolute Gasteiger partial charge is 0.244 e. The summed E-state index contributed by atoms with van der Waals surface area (Å²) >= 11 is 1.55. The Bertz CT molecular complexity index is 1020. The molecule has 156 valence electrons. The van der Waals surface area contributed by atoms with E-state index in [4.69, 9.17) is 5.73 Å². The molecule has 0 saturated carbocycles. The number of carbonyl (C=O) groups excluding carboxylic acids is 2. The second-order valence-electron chi connectivity index (χ2n) is 8.15. The third kappa shape index (κ3) is 3.80. The first kappa shape index (κ1) is 20.4. The summed E-state index contributed by atoms with van der Waals surface area (Å²) in [6.45, 7) is 2.17. The van der Waals surface area contributed by atoms with Gasteiger partial charge in [0, 0.05) is 16.6 Å². The summed E-state index contributed by atoms with van der Waals surface area (Å²) < 4.78 is 0. The number of hydrogen-bond donors (Lipinski definition) is 2. The Morgan fingerprint density at radius 3 is 2.80 bits per heavy atom. The number of anilines is 2. The Hall–Kier alpha value is -2.85. The first-order chi connectivity index (χ1) is 14.5. The molecule has 1 aromatic heterocycles. The largest absolute Gasteiger partial charge is 0.369 e. The number of hydrogen-bond acceptors (Lipinski definition) is 5. The Balaban J connectivity index is 1.55. The van der Waals surface area contributed by atoms with Crippen LogP contribution in [0.5, 0.6) is 0 Å². The van der Waals surface area contributed by atoms with Crippen LogP contribution >= 0.6 is 11.3 Å². The highest BCUT2D eigenvalue weighted by atomic mass is 32.1. The number of amides is 2. The molecule has 1 aliphatic heterocycles. The molecule has 1 aliphatic carbocycles. The molecule has 0 radical (unpaired) electrons. The topological polar surface area (TPSA) is 99.2 Å². The van der Waals surface area contributed by atoms with Crippen molar-refractivity contribution in [2.45, 2.75) is 57.4 Å². The molecule has 4 rings (SSSR count). The van der Waals surface area contributed by atoms with Crippen LogP contribution in [0.25, 0.3) is 0 Å². The molecule has 30 heavy (non-hydrogen) atoms. The summed E-state index contributed by atoms with van der Waals surface area (Å²) in [6, 6.07) is 9.95. The molecule has 2 heterocycles. The van der Waals surface area contributed by atoms with E-state index >= 15 is 0 Å². The molecule has 7 heteroatoms. The van der Waals surface area contributed by atoms with Crippen molar-refractivity contribution in [2.24, 2.45) is 5.73 Å². The SMILES string of the molecule is C[C@H]1C[C@H](C(N)=O)c2ccccc2N1CC(=O)Nc1sc2c(c1C#N)CCCCC2. The molecular weight excluding hydrogens is 396 g/mol. The molecule has 2 aromatic rings. The normalized spacial score (nSPS) is 20.5. The maximum Gasteiger partial charge on any atom is 0.244 e. The molecule has 0 saturated heterocycles. The van der Waals surface area contributed by atoms with Gasteiger partial charge in [-0.3, -0.25) is 9.59 Å². The van der Waals surface area contributed by atoms with E-state index in [1.807, 2.05) is 36.1 Å². The van der Waals surface area contributed by atoms with Gasteiger partial charge >= 0.3 is 0 Å². The summed E-state index contributed by atoms with van der Waals surface area (Å²) in [5.74, 6) is -0.826. The minimum atomic E-state index is -0.339. The van der Waals surface area contributed by atoms with Crippen molar-refractivity contribution < 1.29 is 9.59 Å². The van der Waals surface area contributed by atoms with Crippen LogP contribution in [-0.2, 0) is 22.4 Å². The van der Waals surface area contributed by atoms with Crippen molar-refractivity contribution in [1.82, 2.24) is 0 Å². The zero-order valence-electron chi connectivity index (χ0n) is 17.1. The number of aryl methyl sites for hydroxylation is 1. The first-order valence-electron chi connectivity index (χ1n) is 10.5. The van der Waals surface area contributed by atoms with E-state index < -0.39 is 0 Å². The van der Waals surface area contributed by atoms with Gasteiger partial charge in [-0.1, -0.05) is 24.6 Å². The van der Waals surface area contributed by atoms with Gasteiger partial charge < -0.3 is 16.0 Å². The van der Waals surface area contributed by atoms with E-state index in [1.54, 1.807) is 11.3 Å². The third-order valence-electron chi connectivity index (χ3n) is 6.17. The molecule has 0 unspecified atom stereocenters. The molecular formula is C23H26N4O2S. The Morgan fingerprint density at radius 1 is 1.27 bits per heavy atom. The number of nitriles is 1. The lowest BCUT2D eigenvalue weighted by Crippen LogP contribution is -2.45. The number of nitrogens with one attached hydrogen (secondary N) is 1. The standard InChI is InChI=1S/C23H26N4O2S/c1-14-11-17(22(25)29)15-7-5-6-9-19(15)27(14)13-21(28)26-23-18(12-24)16-8-3-2-4-10-20(16)30-23/h5-7,9,14,17H,2-4,8,10-11,13H2,1H3,(H2,25,29)(H,26,28)/t14-,17-/m0/s1. The first-order valence-corrected chi connectivity index (χ1v) is 11.3. The molecule has 3 N–H and O–H groups in total. The number of para-hydroxylation sites is 1. The number of rotatable bonds is 4. The predicted molar refractivity (Wildman–Crippen MR) is 119 cm³/mol. The second-order valence-corrected chi connectivity index (χ2v) is 9.26. The van der Waals surface area contributed by atoms with Crippen molar-refractivity contribution >= 4 is 33.8 Å². The van der Waals surface area contributed by atoms with Crippen molar-refractivity contribution in [3.05, 3.63) is 45.8 Å². The van der Waals surface area contributed by atoms with Gasteiger partial charge in [-0.05, 0) is 56.2 Å². The molecule has 0 fully saturated rings. The summed E-state index contributed by atoms with van der Waals surface area (Å²) in [5.41, 5.74) is 9.11. The zero-order chi connectivity index (χ0) is 21.3. The maximum atomic E-state index is 13.0. The van der Waals surface area contributed by atoms with Crippen LogP contribution in [0.15, 0.2) is 24.3 Å². The Labute approximate surface area is 180 Å². The number of nitrogens with zero attached hydrogens (tertiary/aromatic N) is 2. The summed E-state index contributed by atoms with van der Waals surface area (Å²) in [6.07, 6.45) is 5.89. The van der Waals surface area contributed by atoms with Crippen molar-refractivity contribution in [2.75, 3.05) is 16.8 Å². The molecule has 6 nitrogen and oxygen atoms in total. The van der Waals surface area contributed by atoms with Crippen LogP contribution in [-0.4, -0.2) is 24.4 Å². The Morgan fingerprint density at radius 2 is 2.03 bits per heavy atom.